The number of thiocarbonyl (C=S) groups is 1. The third-order valence-electron chi connectivity index (χ3n) is 2.66. The zero-order valence-corrected chi connectivity index (χ0v) is 13.9. The standard InChI is InChI=1S/C14H18BrFN2OS/c1-9(2)8-18(6-5-13(17)20)14(19)11-7-10(15)3-4-12(11)16/h3-4,7,9H,5-6,8H2,1-2H3,(H2,17,20). The second kappa shape index (κ2) is 7.69. The van der Waals surface area contributed by atoms with Gasteiger partial charge in [-0.1, -0.05) is 42.0 Å². The number of hydrogen-bond donors (Lipinski definition) is 1. The number of halogens is 2. The Balaban J connectivity index is 2.96. The van der Waals surface area contributed by atoms with Gasteiger partial charge >= 0.3 is 0 Å². The molecule has 3 nitrogen and oxygen atoms in total. The van der Waals surface area contributed by atoms with Gasteiger partial charge < -0.3 is 10.6 Å². The lowest BCUT2D eigenvalue weighted by Gasteiger charge is -2.24. The molecule has 6 heteroatoms. The lowest BCUT2D eigenvalue weighted by molar-refractivity contribution is 0.0736. The minimum atomic E-state index is -0.526. The van der Waals surface area contributed by atoms with Crippen molar-refractivity contribution >= 4 is 39.0 Å². The molecule has 0 radical (unpaired) electrons. The molecule has 1 rings (SSSR count). The Hall–Kier alpha value is -1.01. The predicted octanol–water partition coefficient (Wildman–Crippen LogP) is 3.36. The van der Waals surface area contributed by atoms with Gasteiger partial charge in [0.25, 0.3) is 5.91 Å². The first-order valence-corrected chi connectivity index (χ1v) is 7.54. The van der Waals surface area contributed by atoms with Gasteiger partial charge in [-0.05, 0) is 24.1 Å². The van der Waals surface area contributed by atoms with Gasteiger partial charge in [-0.25, -0.2) is 4.39 Å². The van der Waals surface area contributed by atoms with E-state index in [1.165, 1.54) is 12.1 Å². The number of amides is 1. The summed E-state index contributed by atoms with van der Waals surface area (Å²) in [5.74, 6) is -0.587. The predicted molar refractivity (Wildman–Crippen MR) is 86.2 cm³/mol. The lowest BCUT2D eigenvalue weighted by atomic mass is 10.1. The van der Waals surface area contributed by atoms with E-state index >= 15 is 0 Å². The number of nitrogens with zero attached hydrogens (tertiary/aromatic N) is 1. The molecule has 0 aromatic heterocycles. The minimum Gasteiger partial charge on any atom is -0.393 e. The highest BCUT2D eigenvalue weighted by atomic mass is 79.9. The number of carbonyl (C=O) groups excluding carboxylic acids is 1. The van der Waals surface area contributed by atoms with Crippen LogP contribution >= 0.6 is 28.1 Å². The minimum absolute atomic E-state index is 0.0583. The highest BCUT2D eigenvalue weighted by molar-refractivity contribution is 9.10. The molecule has 0 aliphatic heterocycles. The van der Waals surface area contributed by atoms with Crippen LogP contribution in [0.5, 0.6) is 0 Å². The van der Waals surface area contributed by atoms with Crippen LogP contribution in [0.4, 0.5) is 4.39 Å². The van der Waals surface area contributed by atoms with E-state index in [2.05, 4.69) is 15.9 Å². The summed E-state index contributed by atoms with van der Waals surface area (Å²) in [6.45, 7) is 4.93. The SMILES string of the molecule is CC(C)CN(CCC(N)=S)C(=O)c1cc(Br)ccc1F. The molecule has 0 atom stereocenters. The summed E-state index contributed by atoms with van der Waals surface area (Å²) in [6, 6.07) is 4.33. The quantitative estimate of drug-likeness (QED) is 0.791. The molecule has 2 N–H and O–H groups in total. The van der Waals surface area contributed by atoms with Crippen LogP contribution in [0.15, 0.2) is 22.7 Å². The summed E-state index contributed by atoms with van der Waals surface area (Å²) < 4.78 is 14.5. The smallest absolute Gasteiger partial charge is 0.256 e. The average molecular weight is 361 g/mol. The van der Waals surface area contributed by atoms with E-state index < -0.39 is 5.82 Å². The van der Waals surface area contributed by atoms with E-state index in [0.717, 1.165) is 0 Å². The number of carbonyl (C=O) groups is 1. The second-order valence-electron chi connectivity index (χ2n) is 4.99. The monoisotopic (exact) mass is 360 g/mol. The fourth-order valence-corrected chi connectivity index (χ4v) is 2.25. The summed E-state index contributed by atoms with van der Waals surface area (Å²) in [6.07, 6.45) is 0.434. The molecular formula is C14H18BrFN2OS. The second-order valence-corrected chi connectivity index (χ2v) is 6.43. The first-order valence-electron chi connectivity index (χ1n) is 6.34. The Bertz CT molecular complexity index is 508. The topological polar surface area (TPSA) is 46.3 Å². The first kappa shape index (κ1) is 17.0. The number of nitrogens with two attached hydrogens (primary N) is 1. The van der Waals surface area contributed by atoms with Gasteiger partial charge in [-0.3, -0.25) is 4.79 Å². The van der Waals surface area contributed by atoms with Crippen molar-refractivity contribution in [1.82, 2.24) is 4.90 Å². The highest BCUT2D eigenvalue weighted by Gasteiger charge is 2.20. The van der Waals surface area contributed by atoms with Crippen molar-refractivity contribution in [3.05, 3.63) is 34.1 Å². The fraction of sp³-hybridized carbons (Fsp3) is 0.429. The van der Waals surface area contributed by atoms with E-state index in [4.69, 9.17) is 18.0 Å². The van der Waals surface area contributed by atoms with Crippen molar-refractivity contribution in [1.29, 1.82) is 0 Å². The first-order chi connectivity index (χ1) is 9.31. The van der Waals surface area contributed by atoms with Gasteiger partial charge in [0.05, 0.1) is 10.6 Å². The van der Waals surface area contributed by atoms with Crippen molar-refractivity contribution in [2.24, 2.45) is 11.7 Å². The summed E-state index contributed by atoms with van der Waals surface area (Å²) in [7, 11) is 0. The summed E-state index contributed by atoms with van der Waals surface area (Å²) in [5, 5.41) is 0. The molecule has 0 aliphatic carbocycles. The van der Waals surface area contributed by atoms with Crippen LogP contribution in [0.3, 0.4) is 0 Å². The Labute approximate surface area is 132 Å². The number of rotatable bonds is 6. The van der Waals surface area contributed by atoms with Gasteiger partial charge in [0.1, 0.15) is 5.82 Å². The van der Waals surface area contributed by atoms with Crippen LogP contribution in [0, 0.1) is 11.7 Å². The normalized spacial score (nSPS) is 10.7. The summed E-state index contributed by atoms with van der Waals surface area (Å²) >= 11 is 8.08. The van der Waals surface area contributed by atoms with E-state index in [0.29, 0.717) is 29.0 Å². The zero-order chi connectivity index (χ0) is 15.3. The van der Waals surface area contributed by atoms with Crippen molar-refractivity contribution in [2.45, 2.75) is 20.3 Å². The maximum atomic E-state index is 13.8. The largest absolute Gasteiger partial charge is 0.393 e. The van der Waals surface area contributed by atoms with Crippen LogP contribution in [-0.2, 0) is 0 Å². The molecule has 0 unspecified atom stereocenters. The van der Waals surface area contributed by atoms with Crippen LogP contribution in [-0.4, -0.2) is 28.9 Å². The van der Waals surface area contributed by atoms with Gasteiger partial charge in [-0.2, -0.15) is 0 Å². The molecule has 20 heavy (non-hydrogen) atoms. The maximum Gasteiger partial charge on any atom is 0.256 e. The average Bonchev–Trinajstić information content (AvgIpc) is 2.36. The van der Waals surface area contributed by atoms with Crippen molar-refractivity contribution in [3.8, 4) is 0 Å². The Kier molecular flexibility index (Phi) is 6.55. The van der Waals surface area contributed by atoms with Crippen LogP contribution < -0.4 is 5.73 Å². The Morgan fingerprint density at radius 3 is 2.70 bits per heavy atom. The molecule has 0 aliphatic rings. The van der Waals surface area contributed by atoms with Gasteiger partial charge in [0, 0.05) is 24.0 Å². The molecule has 0 saturated heterocycles. The van der Waals surface area contributed by atoms with Crippen molar-refractivity contribution in [3.63, 3.8) is 0 Å². The van der Waals surface area contributed by atoms with Crippen LogP contribution in [0.2, 0.25) is 0 Å². The van der Waals surface area contributed by atoms with Gasteiger partial charge in [0.2, 0.25) is 0 Å². The van der Waals surface area contributed by atoms with Crippen molar-refractivity contribution in [2.75, 3.05) is 13.1 Å². The Morgan fingerprint density at radius 2 is 2.15 bits per heavy atom. The van der Waals surface area contributed by atoms with Crippen LogP contribution in [0.25, 0.3) is 0 Å². The van der Waals surface area contributed by atoms with Gasteiger partial charge in [0.15, 0.2) is 0 Å². The molecular weight excluding hydrogens is 343 g/mol. The molecule has 0 fully saturated rings. The number of hydrogen-bond acceptors (Lipinski definition) is 2. The molecule has 0 bridgehead atoms. The molecule has 0 heterocycles. The van der Waals surface area contributed by atoms with Crippen LogP contribution in [0.1, 0.15) is 30.6 Å². The van der Waals surface area contributed by atoms with E-state index in [9.17, 15) is 9.18 Å². The molecule has 0 saturated carbocycles. The van der Waals surface area contributed by atoms with E-state index in [1.54, 1.807) is 11.0 Å². The highest BCUT2D eigenvalue weighted by Crippen LogP contribution is 2.18. The number of benzene rings is 1. The lowest BCUT2D eigenvalue weighted by Crippen LogP contribution is -2.37. The fourth-order valence-electron chi connectivity index (χ4n) is 1.79. The van der Waals surface area contributed by atoms with Gasteiger partial charge in [-0.15, -0.1) is 0 Å². The van der Waals surface area contributed by atoms with E-state index in [1.807, 2.05) is 13.8 Å². The zero-order valence-electron chi connectivity index (χ0n) is 11.5. The molecule has 1 aromatic rings. The van der Waals surface area contributed by atoms with E-state index in [-0.39, 0.29) is 17.4 Å². The molecule has 110 valence electrons. The Morgan fingerprint density at radius 1 is 1.50 bits per heavy atom. The van der Waals surface area contributed by atoms with Crippen molar-refractivity contribution < 1.29 is 9.18 Å². The molecule has 1 aromatic carbocycles. The molecule has 1 amide bonds. The third-order valence-corrected chi connectivity index (χ3v) is 3.36. The maximum absolute atomic E-state index is 13.8. The summed E-state index contributed by atoms with van der Waals surface area (Å²) in [5.41, 5.74) is 5.53. The third kappa shape index (κ3) is 5.17. The summed E-state index contributed by atoms with van der Waals surface area (Å²) in [4.78, 5) is 14.4. The molecule has 0 spiro atoms.